The molecule has 0 amide bonds. The van der Waals surface area contributed by atoms with Crippen LogP contribution in [0.25, 0.3) is 5.57 Å². The fourth-order valence-electron chi connectivity index (χ4n) is 6.37. The molecule has 0 aromatic heterocycles. The van der Waals surface area contributed by atoms with Gasteiger partial charge in [0.05, 0.1) is 5.56 Å². The summed E-state index contributed by atoms with van der Waals surface area (Å²) in [6.45, 7) is 4.48. The Bertz CT molecular complexity index is 1180. The highest BCUT2D eigenvalue weighted by Gasteiger charge is 2.30. The normalized spacial score (nSPS) is 15.5. The molecule has 3 aromatic carbocycles. The van der Waals surface area contributed by atoms with Crippen LogP contribution in [0.15, 0.2) is 66.2 Å². The number of phenols is 2. The Kier molecular flexibility index (Phi) is 11.6. The van der Waals surface area contributed by atoms with Crippen LogP contribution in [0, 0.1) is 5.92 Å². The number of hydrogen-bond acceptors (Lipinski definition) is 2. The van der Waals surface area contributed by atoms with E-state index in [1.165, 1.54) is 43.2 Å². The number of phenolic OH excluding ortho intramolecular Hbond substituents is 2. The summed E-state index contributed by atoms with van der Waals surface area (Å²) in [7, 11) is 0. The summed E-state index contributed by atoms with van der Waals surface area (Å²) in [4.78, 5) is 0. The molecule has 1 aliphatic rings. The van der Waals surface area contributed by atoms with Gasteiger partial charge in [0.2, 0.25) is 0 Å². The predicted molar refractivity (Wildman–Crippen MR) is 171 cm³/mol. The van der Waals surface area contributed by atoms with Gasteiger partial charge in [-0.3, -0.25) is 0 Å². The summed E-state index contributed by atoms with van der Waals surface area (Å²) in [5.41, 5.74) is 8.28. The van der Waals surface area contributed by atoms with Gasteiger partial charge >= 0.3 is 0 Å². The average molecular weight is 559 g/mol. The molecule has 3 heteroatoms. The van der Waals surface area contributed by atoms with E-state index in [2.05, 4.69) is 62.4 Å². The zero-order chi connectivity index (χ0) is 28.3. The van der Waals surface area contributed by atoms with Gasteiger partial charge in [0.15, 0.2) is 0 Å². The summed E-state index contributed by atoms with van der Waals surface area (Å²) < 4.78 is 0. The third-order valence-corrected chi connectivity index (χ3v) is 9.14. The first-order valence-corrected chi connectivity index (χ1v) is 16.0. The quantitative estimate of drug-likeness (QED) is 0.152. The minimum atomic E-state index is 0.258. The lowest BCUT2D eigenvalue weighted by molar-refractivity contribution is 0.429. The van der Waals surface area contributed by atoms with Crippen LogP contribution in [0.3, 0.4) is 0 Å². The van der Waals surface area contributed by atoms with E-state index in [1.54, 1.807) is 0 Å². The van der Waals surface area contributed by atoms with E-state index >= 15 is 0 Å². The van der Waals surface area contributed by atoms with E-state index in [9.17, 15) is 10.2 Å². The van der Waals surface area contributed by atoms with Gasteiger partial charge in [0.1, 0.15) is 11.5 Å². The van der Waals surface area contributed by atoms with Crippen molar-refractivity contribution in [1.29, 1.82) is 0 Å². The van der Waals surface area contributed by atoms with Crippen LogP contribution in [-0.4, -0.2) is 16.1 Å². The number of hydrogen-bond donors (Lipinski definition) is 2. The highest BCUT2D eigenvalue weighted by Crippen LogP contribution is 2.49. The molecule has 0 bridgehead atoms. The van der Waals surface area contributed by atoms with Gasteiger partial charge in [-0.25, -0.2) is 0 Å². The lowest BCUT2D eigenvalue weighted by atomic mass is 9.77. The topological polar surface area (TPSA) is 40.5 Å². The summed E-state index contributed by atoms with van der Waals surface area (Å²) in [5, 5.41) is 24.1. The third-order valence-electron chi connectivity index (χ3n) is 8.82. The van der Waals surface area contributed by atoms with Gasteiger partial charge in [-0.1, -0.05) is 119 Å². The molecule has 0 radical (unpaired) electrons. The minimum Gasteiger partial charge on any atom is -0.507 e. The van der Waals surface area contributed by atoms with Gasteiger partial charge in [-0.15, -0.1) is 11.6 Å². The zero-order valence-corrected chi connectivity index (χ0v) is 25.3. The van der Waals surface area contributed by atoms with Crippen molar-refractivity contribution >= 4 is 17.2 Å². The van der Waals surface area contributed by atoms with Gasteiger partial charge in [0, 0.05) is 29.8 Å². The second kappa shape index (κ2) is 15.3. The highest BCUT2D eigenvalue weighted by molar-refractivity contribution is 6.20. The Morgan fingerprint density at radius 2 is 1.27 bits per heavy atom. The first-order valence-electron chi connectivity index (χ1n) is 15.5. The molecular weight excluding hydrogens is 512 g/mol. The zero-order valence-electron chi connectivity index (χ0n) is 24.5. The number of halogens is 1. The first-order chi connectivity index (χ1) is 19.6. The van der Waals surface area contributed by atoms with Crippen molar-refractivity contribution in [1.82, 2.24) is 0 Å². The lowest BCUT2D eigenvalue weighted by Gasteiger charge is -2.29. The first kappa shape index (κ1) is 30.3. The Balaban J connectivity index is 1.87. The Hall–Kier alpha value is -2.71. The predicted octanol–water partition coefficient (Wildman–Crippen LogP) is 10.4. The maximum atomic E-state index is 12.1. The Morgan fingerprint density at radius 3 is 1.80 bits per heavy atom. The van der Waals surface area contributed by atoms with Crippen molar-refractivity contribution in [3.63, 3.8) is 0 Å². The van der Waals surface area contributed by atoms with Crippen LogP contribution >= 0.6 is 11.6 Å². The number of alkyl halides is 1. The number of benzene rings is 3. The third kappa shape index (κ3) is 7.52. The molecule has 2 nitrogen and oxygen atoms in total. The molecule has 2 N–H and O–H groups in total. The van der Waals surface area contributed by atoms with E-state index in [-0.39, 0.29) is 11.5 Å². The van der Waals surface area contributed by atoms with Gasteiger partial charge in [-0.2, -0.15) is 0 Å². The van der Waals surface area contributed by atoms with Crippen molar-refractivity contribution < 1.29 is 10.2 Å². The molecule has 3 aromatic rings. The maximum absolute atomic E-state index is 12.1. The highest BCUT2D eigenvalue weighted by atomic mass is 35.5. The molecule has 0 saturated heterocycles. The smallest absolute Gasteiger partial charge is 0.130 e. The van der Waals surface area contributed by atoms with Crippen LogP contribution in [0.1, 0.15) is 111 Å². The second-order valence-electron chi connectivity index (χ2n) is 11.6. The summed E-state index contributed by atoms with van der Waals surface area (Å²) in [6.07, 6.45) is 13.4. The fraction of sp³-hybridized carbons (Fsp3) is 0.459. The molecule has 0 heterocycles. The van der Waals surface area contributed by atoms with Crippen LogP contribution in [-0.2, 0) is 19.3 Å². The minimum absolute atomic E-state index is 0.258. The number of rotatable bonds is 14. The number of aromatic hydroxyl groups is 2. The van der Waals surface area contributed by atoms with Gasteiger partial charge in [0.25, 0.3) is 0 Å². The van der Waals surface area contributed by atoms with E-state index in [1.807, 2.05) is 12.1 Å². The van der Waals surface area contributed by atoms with Gasteiger partial charge in [-0.05, 0) is 60.3 Å². The monoisotopic (exact) mass is 558 g/mol. The molecule has 0 spiro atoms. The SMILES string of the molecule is CCCCCCCCc1c(Cc2ccccc2)c(O)c(C2=C(CCl)CCC(CC)C2)c(O)c1Cc1ccccc1. The lowest BCUT2D eigenvalue weighted by Crippen LogP contribution is -2.13. The Labute approximate surface area is 247 Å². The average Bonchev–Trinajstić information content (AvgIpc) is 2.99. The molecule has 0 saturated carbocycles. The largest absolute Gasteiger partial charge is 0.507 e. The van der Waals surface area contributed by atoms with Crippen LogP contribution in [0.2, 0.25) is 0 Å². The van der Waals surface area contributed by atoms with Crippen molar-refractivity contribution in [3.8, 4) is 11.5 Å². The van der Waals surface area contributed by atoms with Crippen molar-refractivity contribution in [2.75, 3.05) is 5.88 Å². The van der Waals surface area contributed by atoms with E-state index < -0.39 is 0 Å². The summed E-state index contributed by atoms with van der Waals surface area (Å²) >= 11 is 6.49. The van der Waals surface area contributed by atoms with Crippen LogP contribution < -0.4 is 0 Å². The van der Waals surface area contributed by atoms with E-state index in [4.69, 9.17) is 11.6 Å². The van der Waals surface area contributed by atoms with Crippen LogP contribution in [0.4, 0.5) is 0 Å². The van der Waals surface area contributed by atoms with Gasteiger partial charge < -0.3 is 10.2 Å². The molecule has 214 valence electrons. The van der Waals surface area contributed by atoms with E-state index in [0.29, 0.717) is 30.2 Å². The Morgan fingerprint density at radius 1 is 0.725 bits per heavy atom. The molecular formula is C37H47ClO2. The molecule has 4 rings (SSSR count). The summed E-state index contributed by atoms with van der Waals surface area (Å²) in [5.74, 6) is 1.49. The number of unbranched alkanes of at least 4 members (excludes halogenated alkanes) is 5. The van der Waals surface area contributed by atoms with Crippen LogP contribution in [0.5, 0.6) is 11.5 Å². The van der Waals surface area contributed by atoms with Crippen molar-refractivity contribution in [2.45, 2.75) is 97.3 Å². The number of allylic oxidation sites excluding steroid dienone is 2. The second-order valence-corrected chi connectivity index (χ2v) is 11.9. The van der Waals surface area contributed by atoms with Crippen molar-refractivity contribution in [3.05, 3.63) is 99.6 Å². The van der Waals surface area contributed by atoms with Crippen molar-refractivity contribution in [2.24, 2.45) is 5.92 Å². The standard InChI is InChI=1S/C37H47ClO2/c1-3-5-6-7-8-15-20-31-33(24-28-16-11-9-12-17-28)36(39)35(32-23-27(4-2)21-22-30(32)26-38)37(40)34(31)25-29-18-13-10-14-19-29/h9-14,16-19,27,39-40H,3-8,15,20-26H2,1-2H3. The summed E-state index contributed by atoms with van der Waals surface area (Å²) in [6, 6.07) is 20.9. The molecule has 1 atom stereocenters. The molecule has 1 aliphatic carbocycles. The molecule has 0 aliphatic heterocycles. The maximum Gasteiger partial charge on any atom is 0.130 e. The molecule has 40 heavy (non-hydrogen) atoms. The fourth-order valence-corrected chi connectivity index (χ4v) is 6.67. The molecule has 0 fully saturated rings. The molecule has 1 unspecified atom stereocenters. The van der Waals surface area contributed by atoms with E-state index in [0.717, 1.165) is 66.4 Å².